The molecule has 1 saturated heterocycles. The van der Waals surface area contributed by atoms with Crippen LogP contribution in [0.3, 0.4) is 0 Å². The van der Waals surface area contributed by atoms with Gasteiger partial charge in [-0.2, -0.15) is 0 Å². The minimum atomic E-state index is -1.25. The van der Waals surface area contributed by atoms with Gasteiger partial charge in [-0.25, -0.2) is 0 Å². The third-order valence-corrected chi connectivity index (χ3v) is 3.77. The van der Waals surface area contributed by atoms with Crippen LogP contribution in [0.1, 0.15) is 0 Å². The predicted octanol–water partition coefficient (Wildman–Crippen LogP) is -2.99. The summed E-state index contributed by atoms with van der Waals surface area (Å²) in [5.41, 5.74) is 0. The SMILES string of the molecule is OCC(O)C(O)C1[O][Sb][O]C1CO. The molecule has 0 aromatic carbocycles. The van der Waals surface area contributed by atoms with Gasteiger partial charge in [0.2, 0.25) is 0 Å². The first kappa shape index (κ1) is 11.7. The van der Waals surface area contributed by atoms with Gasteiger partial charge >= 0.3 is 86.5 Å². The quantitative estimate of drug-likeness (QED) is 0.413. The van der Waals surface area contributed by atoms with Crippen LogP contribution >= 0.6 is 0 Å². The van der Waals surface area contributed by atoms with Gasteiger partial charge in [0.25, 0.3) is 0 Å². The molecule has 0 bridgehead atoms. The van der Waals surface area contributed by atoms with E-state index in [0.29, 0.717) is 0 Å². The number of hydrogen-bond acceptors (Lipinski definition) is 6. The number of rotatable bonds is 4. The summed E-state index contributed by atoms with van der Waals surface area (Å²) >= 11 is -1.25. The monoisotopic (exact) mass is 301 g/mol. The molecular formula is C6H12O6Sb. The van der Waals surface area contributed by atoms with E-state index < -0.39 is 53.5 Å². The Morgan fingerprint density at radius 2 is 1.92 bits per heavy atom. The molecule has 1 aliphatic heterocycles. The van der Waals surface area contributed by atoms with Crippen molar-refractivity contribution in [1.82, 2.24) is 0 Å². The summed E-state index contributed by atoms with van der Waals surface area (Å²) in [7, 11) is 0. The van der Waals surface area contributed by atoms with Crippen molar-refractivity contribution in [3.05, 3.63) is 0 Å². The molecule has 1 radical (unpaired) electrons. The fraction of sp³-hybridized carbons (Fsp3) is 1.00. The van der Waals surface area contributed by atoms with Gasteiger partial charge in [-0.15, -0.1) is 0 Å². The van der Waals surface area contributed by atoms with Gasteiger partial charge in [-0.1, -0.05) is 0 Å². The summed E-state index contributed by atoms with van der Waals surface area (Å²) in [4.78, 5) is 0. The first-order chi connectivity index (χ1) is 6.20. The molecule has 13 heavy (non-hydrogen) atoms. The van der Waals surface area contributed by atoms with Crippen molar-refractivity contribution < 1.29 is 26.5 Å². The number of aliphatic hydroxyl groups is 4. The topological polar surface area (TPSA) is 99.4 Å². The van der Waals surface area contributed by atoms with Gasteiger partial charge in [0.05, 0.1) is 0 Å². The molecule has 4 atom stereocenters. The molecule has 0 aromatic heterocycles. The van der Waals surface area contributed by atoms with Crippen molar-refractivity contribution in [2.45, 2.75) is 24.4 Å². The fourth-order valence-electron chi connectivity index (χ4n) is 1.00. The van der Waals surface area contributed by atoms with E-state index in [1.54, 1.807) is 0 Å². The molecular weight excluding hydrogens is 290 g/mol. The second kappa shape index (κ2) is 5.46. The molecule has 0 amide bonds. The zero-order valence-corrected chi connectivity index (χ0v) is 9.33. The van der Waals surface area contributed by atoms with Gasteiger partial charge in [-0.3, -0.25) is 0 Å². The Balaban J connectivity index is 2.49. The maximum atomic E-state index is 9.42. The van der Waals surface area contributed by atoms with Crippen LogP contribution in [-0.2, 0) is 6.03 Å². The molecule has 1 aliphatic rings. The Bertz CT molecular complexity index is 156. The first-order valence-electron chi connectivity index (χ1n) is 3.80. The van der Waals surface area contributed by atoms with Crippen LogP contribution in [0.4, 0.5) is 0 Å². The van der Waals surface area contributed by atoms with Gasteiger partial charge in [0.15, 0.2) is 0 Å². The van der Waals surface area contributed by atoms with Gasteiger partial charge in [0.1, 0.15) is 0 Å². The van der Waals surface area contributed by atoms with Gasteiger partial charge < -0.3 is 0 Å². The van der Waals surface area contributed by atoms with Crippen molar-refractivity contribution in [1.29, 1.82) is 0 Å². The van der Waals surface area contributed by atoms with Crippen LogP contribution in [0.5, 0.6) is 0 Å². The molecule has 6 nitrogen and oxygen atoms in total. The summed E-state index contributed by atoms with van der Waals surface area (Å²) in [6.45, 7) is -0.794. The standard InChI is InChI=1S/C6H12O6.Sb/c7-1-3(9)5(11)6(12)4(10)2-8;/h3-9,11H,1-2H2;/q-2;+2. The average Bonchev–Trinajstić information content (AvgIpc) is 2.62. The molecule has 1 fully saturated rings. The van der Waals surface area contributed by atoms with Crippen LogP contribution < -0.4 is 0 Å². The van der Waals surface area contributed by atoms with E-state index in [1.165, 1.54) is 0 Å². The van der Waals surface area contributed by atoms with Crippen LogP contribution in [0.2, 0.25) is 0 Å². The molecule has 4 N–H and O–H groups in total. The van der Waals surface area contributed by atoms with Crippen molar-refractivity contribution in [3.63, 3.8) is 0 Å². The van der Waals surface area contributed by atoms with E-state index in [9.17, 15) is 5.11 Å². The van der Waals surface area contributed by atoms with Gasteiger partial charge in [-0.05, 0) is 0 Å². The Morgan fingerprint density at radius 3 is 2.46 bits per heavy atom. The minimum absolute atomic E-state index is 0.254. The first-order valence-corrected chi connectivity index (χ1v) is 5.89. The normalized spacial score (nSPS) is 33.2. The Hall–Kier alpha value is 0.578. The van der Waals surface area contributed by atoms with Crippen LogP contribution in [0, 0.1) is 0 Å². The predicted molar refractivity (Wildman–Crippen MR) is 41.7 cm³/mol. The Labute approximate surface area is 86.7 Å². The molecule has 0 saturated carbocycles. The molecule has 4 unspecified atom stereocenters. The summed E-state index contributed by atoms with van der Waals surface area (Å²) in [6.07, 6.45) is -3.76. The summed E-state index contributed by atoms with van der Waals surface area (Å²) < 4.78 is 10.1. The van der Waals surface area contributed by atoms with E-state index in [1.807, 2.05) is 0 Å². The van der Waals surface area contributed by atoms with E-state index in [-0.39, 0.29) is 6.61 Å². The van der Waals surface area contributed by atoms with E-state index >= 15 is 0 Å². The van der Waals surface area contributed by atoms with E-state index in [2.05, 4.69) is 0 Å². The average molecular weight is 302 g/mol. The molecule has 0 spiro atoms. The van der Waals surface area contributed by atoms with Crippen molar-refractivity contribution in [3.8, 4) is 0 Å². The second-order valence-corrected chi connectivity index (χ2v) is 4.34. The molecule has 0 aliphatic carbocycles. The van der Waals surface area contributed by atoms with Crippen molar-refractivity contribution in [2.75, 3.05) is 13.2 Å². The zero-order valence-electron chi connectivity index (χ0n) is 6.78. The maximum absolute atomic E-state index is 9.42. The zero-order chi connectivity index (χ0) is 9.84. The molecule has 1 heterocycles. The third kappa shape index (κ3) is 2.76. The third-order valence-electron chi connectivity index (χ3n) is 1.81. The molecule has 77 valence electrons. The second-order valence-electron chi connectivity index (χ2n) is 2.71. The Kier molecular flexibility index (Phi) is 4.89. The van der Waals surface area contributed by atoms with E-state index in [4.69, 9.17) is 21.4 Å². The molecule has 0 aromatic rings. The number of hydrogen-bond donors (Lipinski definition) is 4. The van der Waals surface area contributed by atoms with Crippen LogP contribution in [-0.4, -0.2) is 80.5 Å². The number of aliphatic hydroxyl groups excluding tert-OH is 4. The summed E-state index contributed by atoms with van der Waals surface area (Å²) in [6, 6.07) is 0. The van der Waals surface area contributed by atoms with Crippen LogP contribution in [0.15, 0.2) is 0 Å². The summed E-state index contributed by atoms with van der Waals surface area (Å²) in [5.74, 6) is 0. The van der Waals surface area contributed by atoms with Crippen molar-refractivity contribution >= 4 is 22.5 Å². The van der Waals surface area contributed by atoms with E-state index in [0.717, 1.165) is 0 Å². The van der Waals surface area contributed by atoms with Crippen LogP contribution in [0.25, 0.3) is 0 Å². The molecule has 7 heteroatoms. The fourth-order valence-corrected chi connectivity index (χ4v) is 3.02. The summed E-state index contributed by atoms with van der Waals surface area (Å²) in [5, 5.41) is 35.9. The Morgan fingerprint density at radius 1 is 1.23 bits per heavy atom. The van der Waals surface area contributed by atoms with Crippen molar-refractivity contribution in [2.24, 2.45) is 0 Å². The molecule has 1 rings (SSSR count). The van der Waals surface area contributed by atoms with Gasteiger partial charge in [0, 0.05) is 0 Å².